The quantitative estimate of drug-likeness (QED) is 0.778. The van der Waals surface area contributed by atoms with E-state index in [1.54, 1.807) is 32.2 Å². The summed E-state index contributed by atoms with van der Waals surface area (Å²) in [6, 6.07) is 4.75. The Balaban J connectivity index is 2.94. The van der Waals surface area contributed by atoms with Crippen LogP contribution in [0, 0.1) is 6.92 Å². The molecule has 0 aromatic heterocycles. The molecule has 0 spiro atoms. The Morgan fingerprint density at radius 3 is 2.61 bits per heavy atom. The lowest BCUT2D eigenvalue weighted by Gasteiger charge is -2.13. The Morgan fingerprint density at radius 1 is 1.44 bits per heavy atom. The highest BCUT2D eigenvalue weighted by Gasteiger charge is 2.19. The molecule has 0 aliphatic carbocycles. The van der Waals surface area contributed by atoms with Crippen LogP contribution in [0.3, 0.4) is 0 Å². The number of benzene rings is 1. The van der Waals surface area contributed by atoms with Gasteiger partial charge < -0.3 is 5.73 Å². The van der Waals surface area contributed by atoms with E-state index in [-0.39, 0.29) is 16.7 Å². The molecule has 0 saturated heterocycles. The molecule has 1 rings (SSSR count). The lowest BCUT2D eigenvalue weighted by molar-refractivity contribution is 0.580. The van der Waals surface area contributed by atoms with Crippen LogP contribution in [0.4, 0.5) is 5.69 Å². The van der Waals surface area contributed by atoms with Gasteiger partial charge in [-0.3, -0.25) is 4.21 Å². The molecule has 7 heteroatoms. The van der Waals surface area contributed by atoms with Crippen molar-refractivity contribution in [1.29, 1.82) is 0 Å². The van der Waals surface area contributed by atoms with Crippen molar-refractivity contribution in [3.63, 3.8) is 0 Å². The molecule has 102 valence electrons. The first-order valence-corrected chi connectivity index (χ1v) is 8.53. The molecule has 0 aliphatic heterocycles. The van der Waals surface area contributed by atoms with Crippen molar-refractivity contribution in [1.82, 2.24) is 4.72 Å². The number of sulfonamides is 1. The molecule has 0 aliphatic rings. The lowest BCUT2D eigenvalue weighted by atomic mass is 10.2. The maximum absolute atomic E-state index is 12.1. The Kier molecular flexibility index (Phi) is 4.89. The summed E-state index contributed by atoms with van der Waals surface area (Å²) in [7, 11) is -4.67. The number of hydrogen-bond acceptors (Lipinski definition) is 4. The highest BCUT2D eigenvalue weighted by Crippen LogP contribution is 2.20. The fourth-order valence-corrected chi connectivity index (χ4v) is 3.17. The predicted molar refractivity (Wildman–Crippen MR) is 74.3 cm³/mol. The van der Waals surface area contributed by atoms with Crippen LogP contribution in [-0.4, -0.2) is 30.7 Å². The van der Waals surface area contributed by atoms with Crippen LogP contribution in [0.1, 0.15) is 12.5 Å². The summed E-state index contributed by atoms with van der Waals surface area (Å²) < 4.78 is 37.8. The molecule has 1 aromatic carbocycles. The lowest BCUT2D eigenvalue weighted by Crippen LogP contribution is -2.33. The number of nitrogens with two attached hydrogens (primary N) is 1. The molecule has 18 heavy (non-hydrogen) atoms. The van der Waals surface area contributed by atoms with Crippen LogP contribution in [0.15, 0.2) is 23.1 Å². The van der Waals surface area contributed by atoms with E-state index in [2.05, 4.69) is 4.72 Å². The molecule has 5 nitrogen and oxygen atoms in total. The van der Waals surface area contributed by atoms with Crippen molar-refractivity contribution < 1.29 is 12.6 Å². The van der Waals surface area contributed by atoms with Crippen molar-refractivity contribution in [2.45, 2.75) is 24.0 Å². The van der Waals surface area contributed by atoms with Crippen molar-refractivity contribution in [3.8, 4) is 0 Å². The van der Waals surface area contributed by atoms with E-state index < -0.39 is 20.8 Å². The van der Waals surface area contributed by atoms with Crippen LogP contribution in [-0.2, 0) is 20.8 Å². The molecule has 2 atom stereocenters. The van der Waals surface area contributed by atoms with Gasteiger partial charge in [0.15, 0.2) is 0 Å². The minimum atomic E-state index is -3.61. The molecule has 0 heterocycles. The van der Waals surface area contributed by atoms with Gasteiger partial charge in [0.25, 0.3) is 0 Å². The summed E-state index contributed by atoms with van der Waals surface area (Å²) in [5.41, 5.74) is 6.64. The smallest absolute Gasteiger partial charge is 0.240 e. The van der Waals surface area contributed by atoms with Crippen LogP contribution >= 0.6 is 0 Å². The Hall–Kier alpha value is -0.920. The molecule has 1 aromatic rings. The summed E-state index contributed by atoms with van der Waals surface area (Å²) in [5.74, 6) is 0. The van der Waals surface area contributed by atoms with E-state index in [4.69, 9.17) is 5.73 Å². The summed E-state index contributed by atoms with van der Waals surface area (Å²) in [6.07, 6.45) is 1.55. The molecule has 0 fully saturated rings. The fraction of sp³-hybridized carbons (Fsp3) is 0.455. The van der Waals surface area contributed by atoms with Crippen LogP contribution in [0.5, 0.6) is 0 Å². The first kappa shape index (κ1) is 15.1. The zero-order valence-corrected chi connectivity index (χ0v) is 12.3. The van der Waals surface area contributed by atoms with Crippen molar-refractivity contribution in [2.24, 2.45) is 0 Å². The summed E-state index contributed by atoms with van der Waals surface area (Å²) in [4.78, 5) is 0.164. The van der Waals surface area contributed by atoms with E-state index in [0.717, 1.165) is 0 Å². The number of nitrogen functional groups attached to an aromatic ring is 1. The number of rotatable bonds is 5. The third-order valence-electron chi connectivity index (χ3n) is 2.74. The van der Waals surface area contributed by atoms with Gasteiger partial charge in [0.1, 0.15) is 0 Å². The molecule has 0 radical (unpaired) electrons. The summed E-state index contributed by atoms with van der Waals surface area (Å²) in [6.45, 7) is 3.52. The third-order valence-corrected chi connectivity index (χ3v) is 5.61. The minimum Gasteiger partial charge on any atom is -0.398 e. The summed E-state index contributed by atoms with van der Waals surface area (Å²) in [5, 5.41) is -0.235. The van der Waals surface area contributed by atoms with Crippen LogP contribution < -0.4 is 10.5 Å². The number of hydrogen-bond donors (Lipinski definition) is 2. The minimum absolute atomic E-state index is 0.139. The van der Waals surface area contributed by atoms with Gasteiger partial charge in [0.2, 0.25) is 10.0 Å². The third kappa shape index (κ3) is 3.54. The van der Waals surface area contributed by atoms with Gasteiger partial charge in [0.05, 0.1) is 4.90 Å². The van der Waals surface area contributed by atoms with Gasteiger partial charge in [-0.15, -0.1) is 0 Å². The van der Waals surface area contributed by atoms with Gasteiger partial charge in [-0.05, 0) is 31.5 Å². The number of nitrogens with one attached hydrogen (secondary N) is 1. The predicted octanol–water partition coefficient (Wildman–Crippen LogP) is 0.623. The van der Waals surface area contributed by atoms with E-state index in [0.29, 0.717) is 11.3 Å². The average molecular weight is 290 g/mol. The maximum atomic E-state index is 12.1. The molecule has 0 bridgehead atoms. The van der Waals surface area contributed by atoms with E-state index in [1.807, 2.05) is 0 Å². The Morgan fingerprint density at radius 2 is 2.06 bits per heavy atom. The van der Waals surface area contributed by atoms with Crippen molar-refractivity contribution in [2.75, 3.05) is 18.5 Å². The topological polar surface area (TPSA) is 89.3 Å². The largest absolute Gasteiger partial charge is 0.398 e. The molecule has 0 amide bonds. The second-order valence-corrected chi connectivity index (χ2v) is 7.67. The zero-order valence-electron chi connectivity index (χ0n) is 10.6. The SMILES string of the molecule is Cc1c(N)cccc1S(=O)(=O)NCC(C)S(C)=O. The van der Waals surface area contributed by atoms with Gasteiger partial charge in [-0.2, -0.15) is 0 Å². The zero-order chi connectivity index (χ0) is 13.9. The maximum Gasteiger partial charge on any atom is 0.240 e. The average Bonchev–Trinajstić information content (AvgIpc) is 2.29. The van der Waals surface area contributed by atoms with Crippen molar-refractivity contribution >= 4 is 26.5 Å². The van der Waals surface area contributed by atoms with E-state index >= 15 is 0 Å². The highest BCUT2D eigenvalue weighted by atomic mass is 32.2. The van der Waals surface area contributed by atoms with Crippen LogP contribution in [0.25, 0.3) is 0 Å². The van der Waals surface area contributed by atoms with Gasteiger partial charge in [-0.1, -0.05) is 6.07 Å². The molecule has 2 unspecified atom stereocenters. The fourth-order valence-electron chi connectivity index (χ4n) is 1.34. The normalized spacial score (nSPS) is 15.3. The van der Waals surface area contributed by atoms with Crippen LogP contribution in [0.2, 0.25) is 0 Å². The Bertz CT molecular complexity index is 555. The van der Waals surface area contributed by atoms with Gasteiger partial charge in [0, 0.05) is 34.5 Å². The second-order valence-electron chi connectivity index (χ2n) is 4.13. The first-order valence-electron chi connectivity index (χ1n) is 5.42. The van der Waals surface area contributed by atoms with Gasteiger partial charge >= 0.3 is 0 Å². The first-order chi connectivity index (χ1) is 8.25. The van der Waals surface area contributed by atoms with Crippen molar-refractivity contribution in [3.05, 3.63) is 23.8 Å². The van der Waals surface area contributed by atoms with E-state index in [9.17, 15) is 12.6 Å². The monoisotopic (exact) mass is 290 g/mol. The van der Waals surface area contributed by atoms with E-state index in [1.165, 1.54) is 6.07 Å². The molecular weight excluding hydrogens is 272 g/mol. The standard InChI is InChI=1S/C11H18N2O3S2/c1-8(17(3)14)7-13-18(15,16)11-6-4-5-10(12)9(11)2/h4-6,8,13H,7,12H2,1-3H3. The number of anilines is 1. The molecule has 3 N–H and O–H groups in total. The molecule has 0 saturated carbocycles. The summed E-state index contributed by atoms with van der Waals surface area (Å²) >= 11 is 0. The molecular formula is C11H18N2O3S2. The second kappa shape index (κ2) is 5.81. The highest BCUT2D eigenvalue weighted by molar-refractivity contribution is 7.89. The Labute approximate surface area is 110 Å². The van der Waals surface area contributed by atoms with Gasteiger partial charge in [-0.25, -0.2) is 13.1 Å².